The molecule has 2 aliphatic heterocycles. The molecule has 2 heterocycles. The lowest BCUT2D eigenvalue weighted by Crippen LogP contribution is -2.45. The molecule has 3 rings (SSSR count). The van der Waals surface area contributed by atoms with Crippen LogP contribution in [0.3, 0.4) is 0 Å². The zero-order valence-corrected chi connectivity index (χ0v) is 16.8. The molecular formula is C20H31N3O2S. The average molecular weight is 378 g/mol. The van der Waals surface area contributed by atoms with E-state index in [0.717, 1.165) is 57.2 Å². The van der Waals surface area contributed by atoms with Gasteiger partial charge in [0, 0.05) is 44.9 Å². The molecule has 0 aliphatic carbocycles. The van der Waals surface area contributed by atoms with E-state index in [-0.39, 0.29) is 11.3 Å². The van der Waals surface area contributed by atoms with Crippen LogP contribution in [-0.4, -0.2) is 79.3 Å². The molecule has 144 valence electrons. The topological polar surface area (TPSA) is 36.0 Å². The van der Waals surface area contributed by atoms with Gasteiger partial charge in [-0.3, -0.25) is 4.79 Å². The normalized spacial score (nSPS) is 22.6. The summed E-state index contributed by atoms with van der Waals surface area (Å²) < 4.78 is 5.65. The van der Waals surface area contributed by atoms with E-state index in [1.54, 1.807) is 0 Å². The molecule has 0 spiro atoms. The van der Waals surface area contributed by atoms with E-state index in [2.05, 4.69) is 33.9 Å². The number of benzene rings is 1. The molecule has 5 nitrogen and oxygen atoms in total. The summed E-state index contributed by atoms with van der Waals surface area (Å²) in [5.74, 6) is 2.08. The maximum Gasteiger partial charge on any atom is 0.224 e. The van der Waals surface area contributed by atoms with Gasteiger partial charge in [-0.25, -0.2) is 0 Å². The highest BCUT2D eigenvalue weighted by molar-refractivity contribution is 7.99. The van der Waals surface area contributed by atoms with Crippen molar-refractivity contribution in [2.24, 2.45) is 0 Å². The Morgan fingerprint density at radius 3 is 2.77 bits per heavy atom. The van der Waals surface area contributed by atoms with E-state index in [1.807, 2.05) is 30.8 Å². The van der Waals surface area contributed by atoms with Crippen molar-refractivity contribution in [3.8, 4) is 5.75 Å². The molecule has 0 saturated carbocycles. The minimum Gasteiger partial charge on any atom is -0.494 e. The van der Waals surface area contributed by atoms with E-state index in [1.165, 1.54) is 5.56 Å². The second kappa shape index (κ2) is 9.62. The Kier molecular flexibility index (Phi) is 7.23. The van der Waals surface area contributed by atoms with Crippen molar-refractivity contribution in [1.29, 1.82) is 0 Å². The Bertz CT molecular complexity index is 590. The van der Waals surface area contributed by atoms with Crippen LogP contribution in [0, 0.1) is 0 Å². The number of likely N-dealkylation sites (N-methyl/N-ethyl adjacent to an activating group) is 1. The molecule has 26 heavy (non-hydrogen) atoms. The fraction of sp³-hybridized carbons (Fsp3) is 0.650. The van der Waals surface area contributed by atoms with E-state index >= 15 is 0 Å². The minimum absolute atomic E-state index is 0.115. The highest BCUT2D eigenvalue weighted by Gasteiger charge is 2.29. The number of amides is 1. The molecule has 1 atom stereocenters. The highest BCUT2D eigenvalue weighted by atomic mass is 32.2. The van der Waals surface area contributed by atoms with Gasteiger partial charge in [-0.15, -0.1) is 11.8 Å². The summed E-state index contributed by atoms with van der Waals surface area (Å²) in [5.41, 5.74) is 1.17. The number of carbonyl (C=O) groups excluding carboxylic acids is 1. The molecule has 6 heteroatoms. The molecule has 0 radical (unpaired) electrons. The number of ether oxygens (including phenoxy) is 1. The molecule has 0 aromatic heterocycles. The molecular weight excluding hydrogens is 346 g/mol. The monoisotopic (exact) mass is 377 g/mol. The van der Waals surface area contributed by atoms with Crippen LogP contribution in [0.4, 0.5) is 0 Å². The summed E-state index contributed by atoms with van der Waals surface area (Å²) in [4.78, 5) is 19.6. The number of thioether (sulfide) groups is 1. The standard InChI is InChI=1S/C20H31N3O2S/c1-3-25-18-7-4-6-17(16-18)20-23(19(24)8-15-26-20)10-5-9-22-13-11-21(2)12-14-22/h4,6-7,16,20H,3,5,8-15H2,1-2H3. The largest absolute Gasteiger partial charge is 0.494 e. The van der Waals surface area contributed by atoms with Crippen LogP contribution >= 0.6 is 11.8 Å². The average Bonchev–Trinajstić information content (AvgIpc) is 2.65. The van der Waals surface area contributed by atoms with E-state index in [9.17, 15) is 4.79 Å². The lowest BCUT2D eigenvalue weighted by Gasteiger charge is -2.37. The van der Waals surface area contributed by atoms with Crippen LogP contribution in [0.2, 0.25) is 0 Å². The van der Waals surface area contributed by atoms with Gasteiger partial charge in [-0.2, -0.15) is 0 Å². The Morgan fingerprint density at radius 1 is 1.19 bits per heavy atom. The second-order valence-corrected chi connectivity index (χ2v) is 8.25. The summed E-state index contributed by atoms with van der Waals surface area (Å²) in [6.45, 7) is 9.13. The number of rotatable bonds is 7. The van der Waals surface area contributed by atoms with Gasteiger partial charge in [0.1, 0.15) is 11.1 Å². The first-order valence-electron chi connectivity index (χ1n) is 9.72. The molecule has 2 aliphatic rings. The molecule has 1 aromatic rings. The van der Waals surface area contributed by atoms with Crippen molar-refractivity contribution in [3.05, 3.63) is 29.8 Å². The van der Waals surface area contributed by atoms with Crippen LogP contribution in [0.1, 0.15) is 30.7 Å². The van der Waals surface area contributed by atoms with Gasteiger partial charge in [-0.05, 0) is 44.6 Å². The fourth-order valence-electron chi connectivity index (χ4n) is 3.60. The Labute approximate surface area is 161 Å². The smallest absolute Gasteiger partial charge is 0.224 e. The Hall–Kier alpha value is -1.24. The van der Waals surface area contributed by atoms with Crippen molar-refractivity contribution in [2.75, 3.05) is 58.7 Å². The van der Waals surface area contributed by atoms with Gasteiger partial charge < -0.3 is 19.4 Å². The summed E-state index contributed by atoms with van der Waals surface area (Å²) in [5, 5.41) is 0.115. The predicted molar refractivity (Wildman–Crippen MR) is 108 cm³/mol. The van der Waals surface area contributed by atoms with Crippen molar-refractivity contribution in [3.63, 3.8) is 0 Å². The minimum atomic E-state index is 0.115. The third kappa shape index (κ3) is 5.15. The van der Waals surface area contributed by atoms with E-state index in [4.69, 9.17) is 4.74 Å². The molecule has 0 N–H and O–H groups in total. The van der Waals surface area contributed by atoms with Gasteiger partial charge >= 0.3 is 0 Å². The summed E-state index contributed by atoms with van der Waals surface area (Å²) in [6.07, 6.45) is 1.69. The number of carbonyl (C=O) groups is 1. The third-order valence-corrected chi connectivity index (χ3v) is 6.40. The molecule has 2 fully saturated rings. The highest BCUT2D eigenvalue weighted by Crippen LogP contribution is 2.38. The van der Waals surface area contributed by atoms with Crippen LogP contribution in [-0.2, 0) is 4.79 Å². The van der Waals surface area contributed by atoms with E-state index < -0.39 is 0 Å². The maximum atomic E-state index is 12.6. The van der Waals surface area contributed by atoms with Crippen LogP contribution in [0.15, 0.2) is 24.3 Å². The van der Waals surface area contributed by atoms with Gasteiger partial charge in [0.15, 0.2) is 0 Å². The lowest BCUT2D eigenvalue weighted by molar-refractivity contribution is -0.132. The maximum absolute atomic E-state index is 12.6. The molecule has 1 unspecified atom stereocenters. The van der Waals surface area contributed by atoms with Crippen molar-refractivity contribution >= 4 is 17.7 Å². The Balaban J connectivity index is 1.59. The molecule has 0 bridgehead atoms. The predicted octanol–water partition coefficient (Wildman–Crippen LogP) is 2.69. The van der Waals surface area contributed by atoms with Gasteiger partial charge in [-0.1, -0.05) is 12.1 Å². The summed E-state index contributed by atoms with van der Waals surface area (Å²) in [6, 6.07) is 8.22. The van der Waals surface area contributed by atoms with Gasteiger partial charge in [0.2, 0.25) is 5.91 Å². The van der Waals surface area contributed by atoms with Crippen molar-refractivity contribution in [2.45, 2.75) is 25.1 Å². The first kappa shape index (κ1) is 19.5. The zero-order chi connectivity index (χ0) is 18.4. The number of hydrogen-bond acceptors (Lipinski definition) is 5. The molecule has 1 aromatic carbocycles. The summed E-state index contributed by atoms with van der Waals surface area (Å²) >= 11 is 1.87. The van der Waals surface area contributed by atoms with E-state index in [0.29, 0.717) is 13.0 Å². The number of hydrogen-bond donors (Lipinski definition) is 0. The summed E-state index contributed by atoms with van der Waals surface area (Å²) in [7, 11) is 2.18. The molecule has 2 saturated heterocycles. The van der Waals surface area contributed by atoms with Crippen LogP contribution in [0.25, 0.3) is 0 Å². The van der Waals surface area contributed by atoms with Crippen molar-refractivity contribution in [1.82, 2.24) is 14.7 Å². The fourth-order valence-corrected chi connectivity index (χ4v) is 4.86. The Morgan fingerprint density at radius 2 is 2.00 bits per heavy atom. The zero-order valence-electron chi connectivity index (χ0n) is 16.0. The van der Waals surface area contributed by atoms with Gasteiger partial charge in [0.25, 0.3) is 0 Å². The molecule has 1 amide bonds. The SMILES string of the molecule is CCOc1cccc(C2SCCC(=O)N2CCCN2CCN(C)CC2)c1. The quantitative estimate of drug-likeness (QED) is 0.730. The first-order valence-corrected chi connectivity index (χ1v) is 10.8. The second-order valence-electron chi connectivity index (χ2n) is 7.06. The van der Waals surface area contributed by atoms with Gasteiger partial charge in [0.05, 0.1) is 6.61 Å². The van der Waals surface area contributed by atoms with Crippen molar-refractivity contribution < 1.29 is 9.53 Å². The number of piperazine rings is 1. The lowest BCUT2D eigenvalue weighted by atomic mass is 10.1. The van der Waals surface area contributed by atoms with Crippen LogP contribution in [0.5, 0.6) is 5.75 Å². The number of nitrogens with zero attached hydrogens (tertiary/aromatic N) is 3. The first-order chi connectivity index (χ1) is 12.7. The third-order valence-electron chi connectivity index (χ3n) is 5.12. The van der Waals surface area contributed by atoms with Crippen LogP contribution < -0.4 is 4.74 Å².